The molecule has 0 heterocycles. The second-order valence-electron chi connectivity index (χ2n) is 4.15. The van der Waals surface area contributed by atoms with Gasteiger partial charge < -0.3 is 0 Å². The average Bonchev–Trinajstić information content (AvgIpc) is 2.12. The van der Waals surface area contributed by atoms with Crippen LogP contribution in [0.1, 0.15) is 32.8 Å². The second kappa shape index (κ2) is 3.75. The summed E-state index contributed by atoms with van der Waals surface area (Å²) < 4.78 is 67.1. The van der Waals surface area contributed by atoms with Gasteiger partial charge in [-0.15, -0.1) is 0 Å². The number of alkyl halides is 3. The number of hydrogen-bond donors (Lipinski definition) is 0. The Morgan fingerprint density at radius 3 is 2.69 bits per heavy atom. The lowest BCUT2D eigenvalue weighted by molar-refractivity contribution is -0.140. The molecular formula is C12H12F4. The fourth-order valence-corrected chi connectivity index (χ4v) is 1.92. The van der Waals surface area contributed by atoms with E-state index >= 15 is 0 Å². The molecule has 0 radical (unpaired) electrons. The zero-order valence-corrected chi connectivity index (χ0v) is 8.66. The second-order valence-corrected chi connectivity index (χ2v) is 4.15. The molecule has 0 aliphatic heterocycles. The maximum absolute atomic E-state index is 13.9. The fraction of sp³-hybridized carbons (Fsp3) is 0.500. The summed E-state index contributed by atoms with van der Waals surface area (Å²) in [6.45, 7) is 1.80. The SMILES string of the molecule is [2H]C1([2H])CC(C)Cc2ccc(C(F)(F)F)c(F)c21. The molecule has 88 valence electrons. The van der Waals surface area contributed by atoms with Crippen molar-refractivity contribution in [3.05, 3.63) is 34.6 Å². The predicted octanol–water partition coefficient (Wildman–Crippen LogP) is 3.97. The maximum atomic E-state index is 13.9. The first-order chi connectivity index (χ1) is 8.13. The van der Waals surface area contributed by atoms with Gasteiger partial charge in [0.15, 0.2) is 0 Å². The fourth-order valence-electron chi connectivity index (χ4n) is 1.92. The summed E-state index contributed by atoms with van der Waals surface area (Å²) in [6, 6.07) is 1.89. The van der Waals surface area contributed by atoms with Crippen LogP contribution in [0.3, 0.4) is 0 Å². The third kappa shape index (κ3) is 1.93. The zero-order valence-electron chi connectivity index (χ0n) is 10.7. The molecule has 16 heavy (non-hydrogen) atoms. The Hall–Kier alpha value is -1.06. The molecule has 1 unspecified atom stereocenters. The summed E-state index contributed by atoms with van der Waals surface area (Å²) in [5.41, 5.74) is -1.47. The van der Waals surface area contributed by atoms with Crippen LogP contribution in [0.2, 0.25) is 0 Å². The maximum Gasteiger partial charge on any atom is 0.419 e. The minimum Gasteiger partial charge on any atom is -0.206 e. The van der Waals surface area contributed by atoms with Crippen LogP contribution in [0, 0.1) is 11.7 Å². The van der Waals surface area contributed by atoms with Crippen molar-refractivity contribution in [2.75, 3.05) is 0 Å². The summed E-state index contributed by atoms with van der Waals surface area (Å²) in [5.74, 6) is -1.47. The molecular weight excluding hydrogens is 220 g/mol. The largest absolute Gasteiger partial charge is 0.419 e. The number of hydrogen-bond acceptors (Lipinski definition) is 0. The van der Waals surface area contributed by atoms with Gasteiger partial charge in [0.05, 0.1) is 5.56 Å². The highest BCUT2D eigenvalue weighted by molar-refractivity contribution is 5.37. The highest BCUT2D eigenvalue weighted by atomic mass is 19.4. The Morgan fingerprint density at radius 1 is 1.38 bits per heavy atom. The Morgan fingerprint density at radius 2 is 2.06 bits per heavy atom. The van der Waals surface area contributed by atoms with Crippen LogP contribution in [-0.4, -0.2) is 0 Å². The Bertz CT molecular complexity index is 480. The average molecular weight is 234 g/mol. The number of rotatable bonds is 0. The van der Waals surface area contributed by atoms with Crippen molar-refractivity contribution in [1.82, 2.24) is 0 Å². The minimum atomic E-state index is -4.79. The minimum absolute atomic E-state index is 0.0105. The van der Waals surface area contributed by atoms with Crippen molar-refractivity contribution >= 4 is 0 Å². The van der Waals surface area contributed by atoms with E-state index in [4.69, 9.17) is 2.74 Å². The topological polar surface area (TPSA) is 0 Å². The van der Waals surface area contributed by atoms with E-state index in [1.807, 2.05) is 0 Å². The molecule has 0 N–H and O–H groups in total. The Kier molecular flexibility index (Phi) is 2.12. The molecule has 1 aromatic carbocycles. The number of benzene rings is 1. The van der Waals surface area contributed by atoms with Crippen molar-refractivity contribution in [1.29, 1.82) is 0 Å². The van der Waals surface area contributed by atoms with E-state index in [2.05, 4.69) is 0 Å². The van der Waals surface area contributed by atoms with Crippen LogP contribution in [-0.2, 0) is 19.0 Å². The van der Waals surface area contributed by atoms with Crippen molar-refractivity contribution in [3.63, 3.8) is 0 Å². The van der Waals surface area contributed by atoms with Crippen molar-refractivity contribution < 1.29 is 20.3 Å². The van der Waals surface area contributed by atoms with Gasteiger partial charge >= 0.3 is 6.18 Å². The molecule has 2 rings (SSSR count). The van der Waals surface area contributed by atoms with E-state index in [9.17, 15) is 17.6 Å². The normalized spacial score (nSPS) is 25.7. The molecule has 1 aliphatic rings. The van der Waals surface area contributed by atoms with E-state index in [1.54, 1.807) is 6.92 Å². The third-order valence-electron chi connectivity index (χ3n) is 2.73. The van der Waals surface area contributed by atoms with Gasteiger partial charge in [-0.25, -0.2) is 4.39 Å². The summed E-state index contributed by atoms with van der Waals surface area (Å²) in [6.07, 6.45) is -6.39. The molecule has 0 fully saturated rings. The number of halogens is 4. The molecule has 0 saturated heterocycles. The summed E-state index contributed by atoms with van der Waals surface area (Å²) in [7, 11) is 0. The first-order valence-electron chi connectivity index (χ1n) is 6.02. The highest BCUT2D eigenvalue weighted by Crippen LogP contribution is 2.36. The van der Waals surface area contributed by atoms with Gasteiger partial charge in [0.2, 0.25) is 0 Å². The molecule has 0 nitrogen and oxygen atoms in total. The van der Waals surface area contributed by atoms with Crippen molar-refractivity contribution in [3.8, 4) is 0 Å². The Balaban J connectivity index is 2.65. The monoisotopic (exact) mass is 234 g/mol. The molecule has 1 atom stereocenters. The van der Waals surface area contributed by atoms with Crippen molar-refractivity contribution in [2.45, 2.75) is 32.3 Å². The molecule has 1 aromatic rings. The van der Waals surface area contributed by atoms with Crippen molar-refractivity contribution in [2.24, 2.45) is 5.92 Å². The van der Waals surface area contributed by atoms with Crippen LogP contribution < -0.4 is 0 Å². The van der Waals surface area contributed by atoms with Gasteiger partial charge in [0.1, 0.15) is 5.82 Å². The summed E-state index contributed by atoms with van der Waals surface area (Å²) in [4.78, 5) is 0. The molecule has 0 saturated carbocycles. The standard InChI is InChI=1S/C12H12F4/c1-7-2-4-9-8(6-7)3-5-10(11(9)13)12(14,15)16/h3,5,7H,2,4,6H2,1H3/i4D2. The van der Waals surface area contributed by atoms with Crippen LogP contribution in [0.4, 0.5) is 17.6 Å². The smallest absolute Gasteiger partial charge is 0.206 e. The van der Waals surface area contributed by atoms with E-state index < -0.39 is 29.5 Å². The van der Waals surface area contributed by atoms with Gasteiger partial charge in [-0.1, -0.05) is 13.0 Å². The molecule has 4 heteroatoms. The van der Waals surface area contributed by atoms with Crippen LogP contribution in [0.25, 0.3) is 0 Å². The van der Waals surface area contributed by atoms with Gasteiger partial charge in [-0.05, 0) is 42.3 Å². The molecule has 0 amide bonds. The molecule has 0 aromatic heterocycles. The lowest BCUT2D eigenvalue weighted by atomic mass is 9.84. The first-order valence-corrected chi connectivity index (χ1v) is 5.02. The molecule has 1 aliphatic carbocycles. The summed E-state index contributed by atoms with van der Waals surface area (Å²) >= 11 is 0. The Labute approximate surface area is 94.1 Å². The third-order valence-corrected chi connectivity index (χ3v) is 2.73. The van der Waals surface area contributed by atoms with E-state index in [1.165, 1.54) is 6.07 Å². The molecule has 0 spiro atoms. The van der Waals surface area contributed by atoms with Crippen LogP contribution >= 0.6 is 0 Å². The van der Waals surface area contributed by atoms with Crippen LogP contribution in [0.5, 0.6) is 0 Å². The summed E-state index contributed by atoms with van der Waals surface area (Å²) in [5, 5.41) is 0. The van der Waals surface area contributed by atoms with Gasteiger partial charge in [-0.2, -0.15) is 13.2 Å². The lowest BCUT2D eigenvalue weighted by Crippen LogP contribution is -2.17. The van der Waals surface area contributed by atoms with E-state index in [0.717, 1.165) is 0 Å². The number of fused-ring (bicyclic) bond motifs is 1. The van der Waals surface area contributed by atoms with E-state index in [0.29, 0.717) is 18.1 Å². The lowest BCUT2D eigenvalue weighted by Gasteiger charge is -2.23. The quantitative estimate of drug-likeness (QED) is 0.596. The van der Waals surface area contributed by atoms with Gasteiger partial charge in [-0.3, -0.25) is 0 Å². The molecule has 0 bridgehead atoms. The van der Waals surface area contributed by atoms with Crippen LogP contribution in [0.15, 0.2) is 12.1 Å². The van der Waals surface area contributed by atoms with Gasteiger partial charge in [0, 0.05) is 2.74 Å². The first kappa shape index (κ1) is 9.02. The zero-order chi connectivity index (χ0) is 13.7. The van der Waals surface area contributed by atoms with Gasteiger partial charge in [0.25, 0.3) is 0 Å². The highest BCUT2D eigenvalue weighted by Gasteiger charge is 2.36. The predicted molar refractivity (Wildman–Crippen MR) is 52.6 cm³/mol. The van der Waals surface area contributed by atoms with E-state index in [-0.39, 0.29) is 12.3 Å².